The third-order valence-corrected chi connectivity index (χ3v) is 3.07. The molecule has 0 bridgehead atoms. The fourth-order valence-electron chi connectivity index (χ4n) is 2.13. The van der Waals surface area contributed by atoms with Crippen molar-refractivity contribution in [1.82, 2.24) is 5.32 Å². The number of carbonyl (C=O) groups is 1. The molecule has 98 valence electrons. The van der Waals surface area contributed by atoms with Gasteiger partial charge < -0.3 is 21.5 Å². The lowest BCUT2D eigenvalue weighted by Gasteiger charge is -2.35. The van der Waals surface area contributed by atoms with Gasteiger partial charge in [-0.05, 0) is 38.0 Å². The molecule has 5 N–H and O–H groups in total. The molecule has 0 heterocycles. The maximum atomic E-state index is 12.0. The van der Waals surface area contributed by atoms with E-state index in [0.29, 0.717) is 16.9 Å². The van der Waals surface area contributed by atoms with E-state index in [-0.39, 0.29) is 18.1 Å². The number of anilines is 2. The van der Waals surface area contributed by atoms with Crippen molar-refractivity contribution in [2.24, 2.45) is 0 Å². The van der Waals surface area contributed by atoms with Crippen molar-refractivity contribution in [2.45, 2.75) is 31.9 Å². The van der Waals surface area contributed by atoms with Crippen LogP contribution in [0.25, 0.3) is 0 Å². The molecular formula is C13H19N3O2. The van der Waals surface area contributed by atoms with E-state index < -0.39 is 0 Å². The molecule has 18 heavy (non-hydrogen) atoms. The van der Waals surface area contributed by atoms with Gasteiger partial charge in [0, 0.05) is 29.6 Å². The first kappa shape index (κ1) is 12.7. The zero-order chi connectivity index (χ0) is 13.1. The molecule has 0 aromatic heterocycles. The smallest absolute Gasteiger partial charge is 0.251 e. The molecule has 1 aliphatic rings. The van der Waals surface area contributed by atoms with Crippen molar-refractivity contribution < 1.29 is 9.53 Å². The minimum atomic E-state index is -0.131. The van der Waals surface area contributed by atoms with Crippen LogP contribution in [0.5, 0.6) is 0 Å². The second-order valence-corrected chi connectivity index (χ2v) is 4.61. The van der Waals surface area contributed by atoms with Gasteiger partial charge in [0.2, 0.25) is 0 Å². The van der Waals surface area contributed by atoms with E-state index in [0.717, 1.165) is 19.4 Å². The summed E-state index contributed by atoms with van der Waals surface area (Å²) in [4.78, 5) is 12.0. The zero-order valence-electron chi connectivity index (χ0n) is 10.5. The van der Waals surface area contributed by atoms with E-state index in [1.807, 2.05) is 6.92 Å². The van der Waals surface area contributed by atoms with Gasteiger partial charge in [-0.3, -0.25) is 4.79 Å². The Bertz CT molecular complexity index is 422. The highest BCUT2D eigenvalue weighted by atomic mass is 16.5. The molecule has 0 atom stereocenters. The largest absolute Gasteiger partial charge is 0.399 e. The predicted molar refractivity (Wildman–Crippen MR) is 71.2 cm³/mol. The fraction of sp³-hybridized carbons (Fsp3) is 0.462. The summed E-state index contributed by atoms with van der Waals surface area (Å²) in [5, 5.41) is 2.95. The number of amides is 1. The molecule has 0 radical (unpaired) electrons. The van der Waals surface area contributed by atoms with E-state index in [4.69, 9.17) is 16.2 Å². The number of rotatable bonds is 4. The van der Waals surface area contributed by atoms with Crippen LogP contribution in [0, 0.1) is 0 Å². The average molecular weight is 249 g/mol. The molecule has 2 rings (SSSR count). The molecule has 1 aliphatic carbocycles. The summed E-state index contributed by atoms with van der Waals surface area (Å²) in [7, 11) is 0. The van der Waals surface area contributed by atoms with Crippen LogP contribution in [-0.2, 0) is 4.74 Å². The maximum Gasteiger partial charge on any atom is 0.251 e. The van der Waals surface area contributed by atoms with Crippen molar-refractivity contribution in [2.75, 3.05) is 18.1 Å². The average Bonchev–Trinajstić information content (AvgIpc) is 2.24. The highest BCUT2D eigenvalue weighted by molar-refractivity contribution is 5.96. The maximum absolute atomic E-state index is 12.0. The number of nitrogens with one attached hydrogen (secondary N) is 1. The number of hydrogen-bond donors (Lipinski definition) is 3. The zero-order valence-corrected chi connectivity index (χ0v) is 10.5. The lowest BCUT2D eigenvalue weighted by Crippen LogP contribution is -2.47. The summed E-state index contributed by atoms with van der Waals surface area (Å²) in [5.74, 6) is -0.131. The number of hydrogen-bond acceptors (Lipinski definition) is 4. The van der Waals surface area contributed by atoms with Crippen molar-refractivity contribution in [3.8, 4) is 0 Å². The summed E-state index contributed by atoms with van der Waals surface area (Å²) < 4.78 is 5.44. The molecule has 1 aromatic carbocycles. The SMILES string of the molecule is CCOC1CC(NC(=O)c2cc(N)cc(N)c2)C1. The van der Waals surface area contributed by atoms with Gasteiger partial charge in [-0.1, -0.05) is 0 Å². The van der Waals surface area contributed by atoms with Crippen LogP contribution in [0.15, 0.2) is 18.2 Å². The Morgan fingerprint density at radius 2 is 1.94 bits per heavy atom. The van der Waals surface area contributed by atoms with Crippen LogP contribution >= 0.6 is 0 Å². The first-order valence-electron chi connectivity index (χ1n) is 6.17. The Hall–Kier alpha value is -1.75. The van der Waals surface area contributed by atoms with E-state index in [9.17, 15) is 4.79 Å². The van der Waals surface area contributed by atoms with Gasteiger partial charge in [0.05, 0.1) is 6.10 Å². The van der Waals surface area contributed by atoms with E-state index in [2.05, 4.69) is 5.32 Å². The molecular weight excluding hydrogens is 230 g/mol. The van der Waals surface area contributed by atoms with Crippen molar-refractivity contribution in [3.05, 3.63) is 23.8 Å². The van der Waals surface area contributed by atoms with Crippen LogP contribution in [0.1, 0.15) is 30.1 Å². The Labute approximate surface area is 106 Å². The van der Waals surface area contributed by atoms with E-state index >= 15 is 0 Å². The van der Waals surface area contributed by atoms with Gasteiger partial charge >= 0.3 is 0 Å². The van der Waals surface area contributed by atoms with Gasteiger partial charge in [0.1, 0.15) is 0 Å². The van der Waals surface area contributed by atoms with E-state index in [1.54, 1.807) is 18.2 Å². The monoisotopic (exact) mass is 249 g/mol. The lowest BCUT2D eigenvalue weighted by atomic mass is 9.89. The summed E-state index contributed by atoms with van der Waals surface area (Å²) in [5.41, 5.74) is 12.8. The molecule has 1 fully saturated rings. The van der Waals surface area contributed by atoms with Crippen LogP contribution in [0.3, 0.4) is 0 Å². The highest BCUT2D eigenvalue weighted by Gasteiger charge is 2.30. The second kappa shape index (κ2) is 5.27. The van der Waals surface area contributed by atoms with Crippen molar-refractivity contribution in [3.63, 3.8) is 0 Å². The highest BCUT2D eigenvalue weighted by Crippen LogP contribution is 2.24. The van der Waals surface area contributed by atoms with Gasteiger partial charge in [-0.2, -0.15) is 0 Å². The minimum absolute atomic E-state index is 0.131. The minimum Gasteiger partial charge on any atom is -0.399 e. The quantitative estimate of drug-likeness (QED) is 0.698. The Morgan fingerprint density at radius 1 is 1.33 bits per heavy atom. The first-order valence-corrected chi connectivity index (χ1v) is 6.17. The van der Waals surface area contributed by atoms with Crippen LogP contribution in [0.2, 0.25) is 0 Å². The summed E-state index contributed by atoms with van der Waals surface area (Å²) in [6.07, 6.45) is 2.03. The van der Waals surface area contributed by atoms with Crippen LogP contribution in [-0.4, -0.2) is 24.7 Å². The van der Waals surface area contributed by atoms with Gasteiger partial charge in [-0.25, -0.2) is 0 Å². The summed E-state index contributed by atoms with van der Waals surface area (Å²) in [6, 6.07) is 5.08. The second-order valence-electron chi connectivity index (χ2n) is 4.61. The summed E-state index contributed by atoms with van der Waals surface area (Å²) >= 11 is 0. The molecule has 1 amide bonds. The van der Waals surface area contributed by atoms with Gasteiger partial charge in [0.25, 0.3) is 5.91 Å². The topological polar surface area (TPSA) is 90.4 Å². The van der Waals surface area contributed by atoms with E-state index in [1.165, 1.54) is 0 Å². The molecule has 0 spiro atoms. The van der Waals surface area contributed by atoms with Crippen LogP contribution in [0.4, 0.5) is 11.4 Å². The lowest BCUT2D eigenvalue weighted by molar-refractivity contribution is -0.00862. The molecule has 5 nitrogen and oxygen atoms in total. The Kier molecular flexibility index (Phi) is 3.72. The molecule has 1 aromatic rings. The molecule has 0 saturated heterocycles. The third-order valence-electron chi connectivity index (χ3n) is 3.07. The Morgan fingerprint density at radius 3 is 2.50 bits per heavy atom. The number of nitrogen functional groups attached to an aromatic ring is 2. The standard InChI is InChI=1S/C13H19N3O2/c1-2-18-12-6-11(7-12)16-13(17)8-3-9(14)5-10(15)4-8/h3-5,11-12H,2,6-7,14-15H2,1H3,(H,16,17). The van der Waals surface area contributed by atoms with Gasteiger partial charge in [0.15, 0.2) is 0 Å². The fourth-order valence-corrected chi connectivity index (χ4v) is 2.13. The number of benzene rings is 1. The normalized spacial score (nSPS) is 22.3. The predicted octanol–water partition coefficient (Wildman–Crippen LogP) is 1.15. The number of ether oxygens (including phenoxy) is 1. The molecule has 1 saturated carbocycles. The van der Waals surface area contributed by atoms with Crippen LogP contribution < -0.4 is 16.8 Å². The third kappa shape index (κ3) is 2.92. The first-order chi connectivity index (χ1) is 8.58. The van der Waals surface area contributed by atoms with Crippen molar-refractivity contribution >= 4 is 17.3 Å². The Balaban J connectivity index is 1.89. The van der Waals surface area contributed by atoms with Crippen molar-refractivity contribution in [1.29, 1.82) is 0 Å². The van der Waals surface area contributed by atoms with Gasteiger partial charge in [-0.15, -0.1) is 0 Å². The molecule has 0 unspecified atom stereocenters. The number of carbonyl (C=O) groups excluding carboxylic acids is 1. The molecule has 0 aliphatic heterocycles. The summed E-state index contributed by atoms with van der Waals surface area (Å²) in [6.45, 7) is 2.69. The molecule has 5 heteroatoms. The number of nitrogens with two attached hydrogens (primary N) is 2.